The van der Waals surface area contributed by atoms with E-state index in [1.54, 1.807) is 0 Å². The van der Waals surface area contributed by atoms with Gasteiger partial charge in [0, 0.05) is 33.8 Å². The third-order valence-corrected chi connectivity index (χ3v) is 12.4. The molecule has 2 aliphatic carbocycles. The van der Waals surface area contributed by atoms with Gasteiger partial charge < -0.3 is 9.64 Å². The van der Waals surface area contributed by atoms with E-state index in [2.05, 4.69) is 219 Å². The van der Waals surface area contributed by atoms with E-state index >= 15 is 0 Å². The van der Waals surface area contributed by atoms with Crippen molar-refractivity contribution in [1.82, 2.24) is 0 Å². The van der Waals surface area contributed by atoms with Gasteiger partial charge in [-0.3, -0.25) is 0 Å². The van der Waals surface area contributed by atoms with Crippen molar-refractivity contribution in [2.24, 2.45) is 0 Å². The molecule has 8 aromatic carbocycles. The van der Waals surface area contributed by atoms with Crippen molar-refractivity contribution in [3.63, 3.8) is 0 Å². The summed E-state index contributed by atoms with van der Waals surface area (Å²) in [6.07, 6.45) is 6.92. The van der Waals surface area contributed by atoms with Gasteiger partial charge in [-0.05, 0) is 103 Å². The molecule has 57 heavy (non-hydrogen) atoms. The molecule has 0 amide bonds. The fraction of sp³-hybridized carbons (Fsp3) is 0.0909. The van der Waals surface area contributed by atoms with Crippen LogP contribution in [-0.4, -0.2) is 6.10 Å². The Balaban J connectivity index is 1.05. The summed E-state index contributed by atoms with van der Waals surface area (Å²) in [6.45, 7) is 4.72. The topological polar surface area (TPSA) is 12.5 Å². The quantitative estimate of drug-likeness (QED) is 0.169. The van der Waals surface area contributed by atoms with Crippen LogP contribution < -0.4 is 9.64 Å². The minimum absolute atomic E-state index is 0.0625. The predicted molar refractivity (Wildman–Crippen MR) is 238 cm³/mol. The standard InChI is InChI=1S/C55H41NO/c1-55(2)49-23-13-11-21-44(49)45-31-30-41(34-50(45)55)56(40-28-25-37(26-29-40)36-15-5-3-6-16-36)51-24-14-12-19-42(51)39-27-32-52-48(33-39)54-46-22-10-9-20-43(46)47(35-53(54)57-52)38-17-7-4-8-18-38/h3-35,48,52H,1-2H3. The van der Waals surface area contributed by atoms with Crippen molar-refractivity contribution in [3.05, 3.63) is 222 Å². The Morgan fingerprint density at radius 2 is 1.11 bits per heavy atom. The maximum absolute atomic E-state index is 6.78. The van der Waals surface area contributed by atoms with Crippen LogP contribution in [0.25, 0.3) is 49.7 Å². The minimum atomic E-state index is -0.118. The molecule has 0 saturated heterocycles. The number of hydrogen-bond donors (Lipinski definition) is 0. The van der Waals surface area contributed by atoms with Crippen LogP contribution >= 0.6 is 0 Å². The van der Waals surface area contributed by atoms with Gasteiger partial charge in [-0.1, -0.05) is 172 Å². The number of benzene rings is 8. The first kappa shape index (κ1) is 33.4. The maximum atomic E-state index is 6.78. The van der Waals surface area contributed by atoms with Gasteiger partial charge in [-0.15, -0.1) is 0 Å². The normalized spacial score (nSPS) is 16.9. The van der Waals surface area contributed by atoms with E-state index in [4.69, 9.17) is 4.74 Å². The molecule has 0 N–H and O–H groups in total. The highest BCUT2D eigenvalue weighted by molar-refractivity contribution is 6.02. The van der Waals surface area contributed by atoms with Gasteiger partial charge in [-0.2, -0.15) is 0 Å². The van der Waals surface area contributed by atoms with Crippen LogP contribution in [0.2, 0.25) is 0 Å². The Morgan fingerprint density at radius 3 is 1.89 bits per heavy atom. The van der Waals surface area contributed by atoms with Gasteiger partial charge in [0.1, 0.15) is 11.9 Å². The number of nitrogens with zero attached hydrogens (tertiary/aromatic N) is 1. The van der Waals surface area contributed by atoms with Crippen LogP contribution in [-0.2, 0) is 5.41 Å². The van der Waals surface area contributed by atoms with E-state index in [-0.39, 0.29) is 17.4 Å². The zero-order valence-electron chi connectivity index (χ0n) is 32.1. The fourth-order valence-corrected chi connectivity index (χ4v) is 9.62. The van der Waals surface area contributed by atoms with E-state index in [0.717, 1.165) is 22.8 Å². The maximum Gasteiger partial charge on any atom is 0.128 e. The summed E-state index contributed by atoms with van der Waals surface area (Å²) in [5.41, 5.74) is 17.1. The van der Waals surface area contributed by atoms with Crippen LogP contribution in [0, 0.1) is 0 Å². The second-order valence-corrected chi connectivity index (χ2v) is 16.0. The van der Waals surface area contributed by atoms with Gasteiger partial charge in [0.25, 0.3) is 0 Å². The SMILES string of the molecule is CC1(C)c2ccccc2-c2ccc(N(c3ccc(-c4ccccc4)cc3)c3ccccc3C3=CC4c5c(cc(-c6ccccc6)c6ccccc56)OC4C=C3)cc21. The summed E-state index contributed by atoms with van der Waals surface area (Å²) < 4.78 is 6.78. The predicted octanol–water partition coefficient (Wildman–Crippen LogP) is 14.4. The number of rotatable bonds is 6. The molecule has 2 atom stereocenters. The Kier molecular flexibility index (Phi) is 7.69. The number of allylic oxidation sites excluding steroid dienone is 2. The van der Waals surface area contributed by atoms with Crippen molar-refractivity contribution < 1.29 is 4.74 Å². The summed E-state index contributed by atoms with van der Waals surface area (Å²) in [5.74, 6) is 1.06. The molecule has 11 rings (SSSR count). The Morgan fingerprint density at radius 1 is 0.491 bits per heavy atom. The molecular weight excluding hydrogens is 691 g/mol. The second-order valence-electron chi connectivity index (χ2n) is 16.0. The van der Waals surface area contributed by atoms with Crippen LogP contribution in [0.5, 0.6) is 5.75 Å². The molecule has 2 heteroatoms. The molecule has 0 spiro atoms. The van der Waals surface area contributed by atoms with E-state index in [1.165, 1.54) is 72.0 Å². The first-order valence-electron chi connectivity index (χ1n) is 20.0. The monoisotopic (exact) mass is 731 g/mol. The highest BCUT2D eigenvalue weighted by Gasteiger charge is 2.38. The lowest BCUT2D eigenvalue weighted by molar-refractivity contribution is 0.269. The average molecular weight is 732 g/mol. The molecule has 1 heterocycles. The van der Waals surface area contributed by atoms with E-state index in [1.807, 2.05) is 0 Å². The Bertz CT molecular complexity index is 2900. The third kappa shape index (κ3) is 5.39. The second kappa shape index (κ2) is 13.1. The van der Waals surface area contributed by atoms with Crippen molar-refractivity contribution in [3.8, 4) is 39.1 Å². The van der Waals surface area contributed by atoms with Crippen LogP contribution in [0.4, 0.5) is 17.1 Å². The molecule has 272 valence electrons. The molecule has 1 aliphatic heterocycles. The highest BCUT2D eigenvalue weighted by atomic mass is 16.5. The lowest BCUT2D eigenvalue weighted by atomic mass is 9.82. The van der Waals surface area contributed by atoms with Crippen LogP contribution in [0.1, 0.15) is 42.0 Å². The van der Waals surface area contributed by atoms with Gasteiger partial charge in [-0.25, -0.2) is 0 Å². The lowest BCUT2D eigenvalue weighted by Gasteiger charge is -2.30. The summed E-state index contributed by atoms with van der Waals surface area (Å²) in [4.78, 5) is 2.45. The molecular formula is C55H41NO. The third-order valence-electron chi connectivity index (χ3n) is 12.4. The smallest absolute Gasteiger partial charge is 0.128 e. The van der Waals surface area contributed by atoms with Crippen LogP contribution in [0.15, 0.2) is 200 Å². The van der Waals surface area contributed by atoms with E-state index < -0.39 is 0 Å². The first-order chi connectivity index (χ1) is 28.0. The highest BCUT2D eigenvalue weighted by Crippen LogP contribution is 2.53. The number of fused-ring (bicyclic) bond motifs is 8. The summed E-state index contributed by atoms with van der Waals surface area (Å²) in [7, 11) is 0. The first-order valence-corrected chi connectivity index (χ1v) is 20.0. The van der Waals surface area contributed by atoms with Gasteiger partial charge in [0.2, 0.25) is 0 Å². The van der Waals surface area contributed by atoms with Crippen molar-refractivity contribution in [2.75, 3.05) is 4.90 Å². The number of anilines is 3. The van der Waals surface area contributed by atoms with Crippen LogP contribution in [0.3, 0.4) is 0 Å². The van der Waals surface area contributed by atoms with E-state index in [9.17, 15) is 0 Å². The molecule has 0 saturated carbocycles. The summed E-state index contributed by atoms with van der Waals surface area (Å²) in [6, 6.07) is 66.2. The molecule has 0 aromatic heterocycles. The van der Waals surface area contributed by atoms with Gasteiger partial charge >= 0.3 is 0 Å². The summed E-state index contributed by atoms with van der Waals surface area (Å²) >= 11 is 0. The zero-order chi connectivity index (χ0) is 38.1. The molecule has 2 nitrogen and oxygen atoms in total. The molecule has 8 aromatic rings. The van der Waals surface area contributed by atoms with Crippen molar-refractivity contribution >= 4 is 33.4 Å². The average Bonchev–Trinajstić information content (AvgIpc) is 3.75. The minimum Gasteiger partial charge on any atom is -0.485 e. The van der Waals surface area contributed by atoms with E-state index in [0.29, 0.717) is 0 Å². The molecule has 0 radical (unpaired) electrons. The van der Waals surface area contributed by atoms with Gasteiger partial charge in [0.15, 0.2) is 0 Å². The largest absolute Gasteiger partial charge is 0.485 e. The zero-order valence-corrected chi connectivity index (χ0v) is 32.1. The molecule has 3 aliphatic rings. The summed E-state index contributed by atoms with van der Waals surface area (Å²) in [5, 5.41) is 2.51. The number of para-hydroxylation sites is 1. The number of hydrogen-bond acceptors (Lipinski definition) is 2. The molecule has 0 fully saturated rings. The van der Waals surface area contributed by atoms with Crippen molar-refractivity contribution in [1.29, 1.82) is 0 Å². The van der Waals surface area contributed by atoms with Crippen molar-refractivity contribution in [2.45, 2.75) is 31.3 Å². The van der Waals surface area contributed by atoms with Gasteiger partial charge in [0.05, 0.1) is 5.69 Å². The fourth-order valence-electron chi connectivity index (χ4n) is 9.62. The lowest BCUT2D eigenvalue weighted by Crippen LogP contribution is -2.18. The number of ether oxygens (including phenoxy) is 1. The molecule has 0 bridgehead atoms. The molecule has 2 unspecified atom stereocenters. The Hall–Kier alpha value is -6.90. The Labute approximate surface area is 334 Å².